The predicted molar refractivity (Wildman–Crippen MR) is 78.9 cm³/mol. The van der Waals surface area contributed by atoms with Gasteiger partial charge in [0.05, 0.1) is 0 Å². The molecule has 1 nitrogen and oxygen atoms in total. The minimum absolute atomic E-state index is 0.0977. The number of benzene rings is 1. The standard InChI is InChI=1S/C13H12BrNS2/c14-10-5-6-16-13(10)12(15)9-7-17-11-4-2-1-3-8(9)11/h1-6,9,12H,7,15H2. The van der Waals surface area contributed by atoms with E-state index in [-0.39, 0.29) is 6.04 Å². The fourth-order valence-corrected chi connectivity index (χ4v) is 5.22. The van der Waals surface area contributed by atoms with Crippen LogP contribution < -0.4 is 5.73 Å². The van der Waals surface area contributed by atoms with Crippen molar-refractivity contribution in [3.63, 3.8) is 0 Å². The molecule has 0 amide bonds. The summed E-state index contributed by atoms with van der Waals surface area (Å²) in [6.45, 7) is 0. The average Bonchev–Trinajstić information content (AvgIpc) is 2.94. The van der Waals surface area contributed by atoms with E-state index in [1.807, 2.05) is 11.8 Å². The SMILES string of the molecule is NC(c1sccc1Br)C1CSc2ccccc21. The highest BCUT2D eigenvalue weighted by molar-refractivity contribution is 9.10. The molecule has 2 aromatic rings. The monoisotopic (exact) mass is 325 g/mol. The lowest BCUT2D eigenvalue weighted by Gasteiger charge is -2.19. The smallest absolute Gasteiger partial charge is 0.0479 e. The lowest BCUT2D eigenvalue weighted by Crippen LogP contribution is -2.19. The minimum atomic E-state index is 0.0977. The molecule has 1 aromatic carbocycles. The molecule has 88 valence electrons. The van der Waals surface area contributed by atoms with E-state index < -0.39 is 0 Å². The Morgan fingerprint density at radius 1 is 1.29 bits per heavy atom. The third-order valence-electron chi connectivity index (χ3n) is 3.12. The van der Waals surface area contributed by atoms with E-state index in [9.17, 15) is 0 Å². The number of fused-ring (bicyclic) bond motifs is 1. The van der Waals surface area contributed by atoms with Crippen LogP contribution in [0.15, 0.2) is 45.1 Å². The number of thiophene rings is 1. The Morgan fingerprint density at radius 3 is 2.88 bits per heavy atom. The lowest BCUT2D eigenvalue weighted by molar-refractivity contribution is 0.615. The van der Waals surface area contributed by atoms with E-state index in [0.29, 0.717) is 5.92 Å². The zero-order chi connectivity index (χ0) is 11.8. The molecule has 0 saturated heterocycles. The highest BCUT2D eigenvalue weighted by atomic mass is 79.9. The summed E-state index contributed by atoms with van der Waals surface area (Å²) in [6, 6.07) is 10.8. The summed E-state index contributed by atoms with van der Waals surface area (Å²) in [4.78, 5) is 2.65. The molecular weight excluding hydrogens is 314 g/mol. The third kappa shape index (κ3) is 2.08. The fraction of sp³-hybridized carbons (Fsp3) is 0.231. The number of hydrogen-bond acceptors (Lipinski definition) is 3. The molecule has 0 radical (unpaired) electrons. The summed E-state index contributed by atoms with van der Waals surface area (Å²) in [6.07, 6.45) is 0. The van der Waals surface area contributed by atoms with Crippen LogP contribution in [0.2, 0.25) is 0 Å². The van der Waals surface area contributed by atoms with E-state index in [1.54, 1.807) is 11.3 Å². The van der Waals surface area contributed by atoms with Gasteiger partial charge in [0.25, 0.3) is 0 Å². The average molecular weight is 326 g/mol. The van der Waals surface area contributed by atoms with E-state index in [1.165, 1.54) is 15.3 Å². The molecule has 0 fully saturated rings. The van der Waals surface area contributed by atoms with Crippen molar-refractivity contribution in [1.82, 2.24) is 0 Å². The van der Waals surface area contributed by atoms with Crippen molar-refractivity contribution in [3.8, 4) is 0 Å². The maximum Gasteiger partial charge on any atom is 0.0479 e. The first-order valence-electron chi connectivity index (χ1n) is 5.47. The summed E-state index contributed by atoms with van der Waals surface area (Å²) in [7, 11) is 0. The Kier molecular flexibility index (Phi) is 3.30. The van der Waals surface area contributed by atoms with Gasteiger partial charge < -0.3 is 5.73 Å². The molecule has 1 aliphatic heterocycles. The van der Waals surface area contributed by atoms with Crippen molar-refractivity contribution in [3.05, 3.63) is 50.6 Å². The second-order valence-corrected chi connectivity index (χ2v) is 6.98. The van der Waals surface area contributed by atoms with Gasteiger partial charge in [-0.3, -0.25) is 0 Å². The first-order chi connectivity index (χ1) is 8.27. The third-order valence-corrected chi connectivity index (χ3v) is 6.30. The van der Waals surface area contributed by atoms with Crippen LogP contribution in [0.25, 0.3) is 0 Å². The highest BCUT2D eigenvalue weighted by Crippen LogP contribution is 2.46. The molecular formula is C13H12BrNS2. The first kappa shape index (κ1) is 11.8. The summed E-state index contributed by atoms with van der Waals surface area (Å²) >= 11 is 7.23. The molecule has 0 aliphatic carbocycles. The minimum Gasteiger partial charge on any atom is -0.323 e. The van der Waals surface area contributed by atoms with Crippen LogP contribution in [-0.4, -0.2) is 5.75 Å². The van der Waals surface area contributed by atoms with Crippen LogP contribution in [-0.2, 0) is 0 Å². The summed E-state index contributed by atoms with van der Waals surface area (Å²) in [5.74, 6) is 1.52. The largest absolute Gasteiger partial charge is 0.323 e. The Bertz CT molecular complexity index is 538. The van der Waals surface area contributed by atoms with Crippen LogP contribution in [0.4, 0.5) is 0 Å². The van der Waals surface area contributed by atoms with Crippen LogP contribution in [0.5, 0.6) is 0 Å². The van der Waals surface area contributed by atoms with Gasteiger partial charge in [0.15, 0.2) is 0 Å². The molecule has 2 atom stereocenters. The second kappa shape index (κ2) is 4.76. The van der Waals surface area contributed by atoms with Crippen molar-refractivity contribution in [2.24, 2.45) is 5.73 Å². The molecule has 2 heterocycles. The van der Waals surface area contributed by atoms with Crippen molar-refractivity contribution >= 4 is 39.0 Å². The lowest BCUT2D eigenvalue weighted by atomic mass is 9.93. The molecule has 0 spiro atoms. The maximum atomic E-state index is 6.43. The normalized spacial score (nSPS) is 20.2. The van der Waals surface area contributed by atoms with Crippen molar-refractivity contribution in [1.29, 1.82) is 0 Å². The van der Waals surface area contributed by atoms with E-state index in [4.69, 9.17) is 5.73 Å². The Hall–Kier alpha value is -0.290. The second-order valence-electron chi connectivity index (χ2n) is 4.11. The Morgan fingerprint density at radius 2 is 2.12 bits per heavy atom. The van der Waals surface area contributed by atoms with Gasteiger partial charge in [0.2, 0.25) is 0 Å². The van der Waals surface area contributed by atoms with E-state index in [2.05, 4.69) is 51.6 Å². The molecule has 2 N–H and O–H groups in total. The van der Waals surface area contributed by atoms with Crippen molar-refractivity contribution in [2.75, 3.05) is 5.75 Å². The highest BCUT2D eigenvalue weighted by Gasteiger charge is 2.30. The van der Waals surface area contributed by atoms with E-state index in [0.717, 1.165) is 10.2 Å². The number of hydrogen-bond donors (Lipinski definition) is 1. The fourth-order valence-electron chi connectivity index (χ4n) is 2.21. The van der Waals surface area contributed by atoms with Crippen LogP contribution in [0.3, 0.4) is 0 Å². The number of rotatable bonds is 2. The quantitative estimate of drug-likeness (QED) is 0.885. The summed E-state index contributed by atoms with van der Waals surface area (Å²) in [5.41, 5.74) is 7.84. The Balaban J connectivity index is 1.95. The van der Waals surface area contributed by atoms with Gasteiger partial charge in [-0.05, 0) is 39.0 Å². The van der Waals surface area contributed by atoms with Gasteiger partial charge in [-0.15, -0.1) is 23.1 Å². The van der Waals surface area contributed by atoms with Gasteiger partial charge in [-0.1, -0.05) is 18.2 Å². The molecule has 4 heteroatoms. The predicted octanol–water partition coefficient (Wildman–Crippen LogP) is 4.40. The number of thioether (sulfide) groups is 1. The molecule has 0 bridgehead atoms. The maximum absolute atomic E-state index is 6.43. The molecule has 2 unspecified atom stereocenters. The summed E-state index contributed by atoms with van der Waals surface area (Å²) < 4.78 is 1.14. The van der Waals surface area contributed by atoms with Gasteiger partial charge in [-0.2, -0.15) is 0 Å². The van der Waals surface area contributed by atoms with Crippen LogP contribution in [0.1, 0.15) is 22.4 Å². The molecule has 1 aromatic heterocycles. The van der Waals surface area contributed by atoms with Crippen molar-refractivity contribution in [2.45, 2.75) is 16.9 Å². The molecule has 0 saturated carbocycles. The van der Waals surface area contributed by atoms with Gasteiger partial charge in [0.1, 0.15) is 0 Å². The zero-order valence-electron chi connectivity index (χ0n) is 9.10. The topological polar surface area (TPSA) is 26.0 Å². The van der Waals surface area contributed by atoms with Crippen LogP contribution >= 0.6 is 39.0 Å². The zero-order valence-corrected chi connectivity index (χ0v) is 12.3. The van der Waals surface area contributed by atoms with Gasteiger partial charge in [0, 0.05) is 32.0 Å². The first-order valence-corrected chi connectivity index (χ1v) is 8.13. The molecule has 17 heavy (non-hydrogen) atoms. The van der Waals surface area contributed by atoms with E-state index >= 15 is 0 Å². The number of nitrogens with two attached hydrogens (primary N) is 1. The molecule has 1 aliphatic rings. The van der Waals surface area contributed by atoms with Crippen molar-refractivity contribution < 1.29 is 0 Å². The molecule has 3 rings (SSSR count). The van der Waals surface area contributed by atoms with Gasteiger partial charge >= 0.3 is 0 Å². The Labute approximate surface area is 118 Å². The number of halogens is 1. The van der Waals surface area contributed by atoms with Crippen LogP contribution in [0, 0.1) is 0 Å². The summed E-state index contributed by atoms with van der Waals surface area (Å²) in [5, 5.41) is 2.09. The van der Waals surface area contributed by atoms with Gasteiger partial charge in [-0.25, -0.2) is 0 Å².